The summed E-state index contributed by atoms with van der Waals surface area (Å²) in [6.45, 7) is 3.37. The van der Waals surface area contributed by atoms with E-state index in [1.54, 1.807) is 25.2 Å². The van der Waals surface area contributed by atoms with Crippen molar-refractivity contribution in [3.05, 3.63) is 23.8 Å². The number of guanidine groups is 1. The number of phenolic OH excluding ortho intramolecular Hbond substituents is 1. The Hall–Kier alpha value is -1.43. The fourth-order valence-corrected chi connectivity index (χ4v) is 3.05. The van der Waals surface area contributed by atoms with Gasteiger partial charge in [-0.25, -0.2) is 0 Å². The molecule has 10 heteroatoms. The second-order valence-electron chi connectivity index (χ2n) is 6.46. The maximum absolute atomic E-state index is 12.8. The summed E-state index contributed by atoms with van der Waals surface area (Å²) in [5, 5.41) is 13.2. The molecule has 1 saturated heterocycles. The van der Waals surface area contributed by atoms with Crippen LogP contribution in [-0.2, 0) is 6.42 Å². The second-order valence-corrected chi connectivity index (χ2v) is 6.46. The standard InChI is InChI=1S/C18H27F3N4O2.HI/c1-13(18(19,20)21)24-8-10-25(11-9-24)17(22-2)23-7-6-14-4-5-15(27-3)12-16(14)26;/h4-5,12-13,26H,6-11H2,1-3H3,(H,22,23);1H. The van der Waals surface area contributed by atoms with Crippen molar-refractivity contribution in [2.24, 2.45) is 4.99 Å². The highest BCUT2D eigenvalue weighted by atomic mass is 127. The normalized spacial score (nSPS) is 17.1. The van der Waals surface area contributed by atoms with E-state index < -0.39 is 12.2 Å². The van der Waals surface area contributed by atoms with Crippen LogP contribution in [0, 0.1) is 0 Å². The van der Waals surface area contributed by atoms with E-state index in [2.05, 4.69) is 10.3 Å². The average Bonchev–Trinajstić information content (AvgIpc) is 2.65. The van der Waals surface area contributed by atoms with Crippen molar-refractivity contribution in [2.45, 2.75) is 25.6 Å². The molecule has 1 aromatic carbocycles. The topological polar surface area (TPSA) is 60.3 Å². The minimum atomic E-state index is -4.21. The predicted molar refractivity (Wildman–Crippen MR) is 114 cm³/mol. The van der Waals surface area contributed by atoms with Gasteiger partial charge in [-0.2, -0.15) is 13.2 Å². The molecule has 0 radical (unpaired) electrons. The minimum Gasteiger partial charge on any atom is -0.508 e. The molecule has 0 amide bonds. The van der Waals surface area contributed by atoms with Gasteiger partial charge in [0.25, 0.3) is 0 Å². The van der Waals surface area contributed by atoms with Gasteiger partial charge in [-0.05, 0) is 25.0 Å². The van der Waals surface area contributed by atoms with Crippen LogP contribution >= 0.6 is 24.0 Å². The van der Waals surface area contributed by atoms with Crippen molar-refractivity contribution in [2.75, 3.05) is 46.9 Å². The van der Waals surface area contributed by atoms with E-state index >= 15 is 0 Å². The van der Waals surface area contributed by atoms with E-state index in [0.29, 0.717) is 50.9 Å². The van der Waals surface area contributed by atoms with Gasteiger partial charge in [0, 0.05) is 45.8 Å². The molecule has 2 N–H and O–H groups in total. The SMILES string of the molecule is CN=C(NCCc1ccc(OC)cc1O)N1CCN(C(C)C(F)(F)F)CC1.I. The first-order valence-electron chi connectivity index (χ1n) is 8.88. The monoisotopic (exact) mass is 516 g/mol. The van der Waals surface area contributed by atoms with E-state index in [0.717, 1.165) is 5.56 Å². The molecule has 2 rings (SSSR count). The van der Waals surface area contributed by atoms with E-state index in [1.807, 2.05) is 4.90 Å². The molecule has 1 heterocycles. The average molecular weight is 516 g/mol. The van der Waals surface area contributed by atoms with Crippen molar-refractivity contribution in [1.82, 2.24) is 15.1 Å². The number of nitrogens with zero attached hydrogens (tertiary/aromatic N) is 3. The zero-order valence-electron chi connectivity index (χ0n) is 16.3. The third kappa shape index (κ3) is 6.57. The Labute approximate surface area is 180 Å². The van der Waals surface area contributed by atoms with Crippen LogP contribution in [0.15, 0.2) is 23.2 Å². The largest absolute Gasteiger partial charge is 0.508 e. The number of nitrogens with one attached hydrogen (secondary N) is 1. The van der Waals surface area contributed by atoms with Gasteiger partial charge in [0.05, 0.1) is 7.11 Å². The summed E-state index contributed by atoms with van der Waals surface area (Å²) in [7, 11) is 3.19. The maximum Gasteiger partial charge on any atom is 0.403 e. The Morgan fingerprint density at radius 2 is 1.93 bits per heavy atom. The predicted octanol–water partition coefficient (Wildman–Crippen LogP) is 2.71. The molecule has 0 saturated carbocycles. The lowest BCUT2D eigenvalue weighted by Crippen LogP contribution is -2.56. The zero-order valence-corrected chi connectivity index (χ0v) is 18.6. The summed E-state index contributed by atoms with van der Waals surface area (Å²) in [5.74, 6) is 1.41. The van der Waals surface area contributed by atoms with Crippen molar-refractivity contribution < 1.29 is 23.0 Å². The fourth-order valence-electron chi connectivity index (χ4n) is 3.05. The van der Waals surface area contributed by atoms with Gasteiger partial charge in [-0.15, -0.1) is 24.0 Å². The molecule has 1 aromatic rings. The Morgan fingerprint density at radius 3 is 2.43 bits per heavy atom. The summed E-state index contributed by atoms with van der Waals surface area (Å²) in [6, 6.07) is 3.71. The zero-order chi connectivity index (χ0) is 20.0. The van der Waals surface area contributed by atoms with Crippen LogP contribution in [0.25, 0.3) is 0 Å². The molecular weight excluding hydrogens is 488 g/mol. The molecule has 0 aromatic heterocycles. The van der Waals surface area contributed by atoms with Gasteiger partial charge >= 0.3 is 6.18 Å². The number of aliphatic imine (C=N–C) groups is 1. The van der Waals surface area contributed by atoms with Crippen LogP contribution in [-0.4, -0.2) is 80.0 Å². The number of rotatable bonds is 5. The molecule has 0 bridgehead atoms. The van der Waals surface area contributed by atoms with Crippen LogP contribution in [0.4, 0.5) is 13.2 Å². The van der Waals surface area contributed by atoms with Crippen LogP contribution in [0.3, 0.4) is 0 Å². The Bertz CT molecular complexity index is 650. The highest BCUT2D eigenvalue weighted by molar-refractivity contribution is 14.0. The first-order valence-corrected chi connectivity index (χ1v) is 8.88. The van der Waals surface area contributed by atoms with Gasteiger partial charge in [-0.1, -0.05) is 6.07 Å². The highest BCUT2D eigenvalue weighted by Gasteiger charge is 2.41. The molecule has 1 aliphatic heterocycles. The summed E-state index contributed by atoms with van der Waals surface area (Å²) in [4.78, 5) is 7.62. The molecule has 1 atom stereocenters. The summed E-state index contributed by atoms with van der Waals surface area (Å²) >= 11 is 0. The number of aromatic hydroxyl groups is 1. The molecule has 160 valence electrons. The summed E-state index contributed by atoms with van der Waals surface area (Å²) < 4.78 is 43.6. The van der Waals surface area contributed by atoms with Crippen molar-refractivity contribution in [3.8, 4) is 11.5 Å². The molecular formula is C18H28F3IN4O2. The van der Waals surface area contributed by atoms with Crippen LogP contribution in [0.5, 0.6) is 11.5 Å². The number of methoxy groups -OCH3 is 1. The maximum atomic E-state index is 12.8. The van der Waals surface area contributed by atoms with Crippen LogP contribution < -0.4 is 10.1 Å². The molecule has 28 heavy (non-hydrogen) atoms. The van der Waals surface area contributed by atoms with E-state index in [9.17, 15) is 18.3 Å². The smallest absolute Gasteiger partial charge is 0.403 e. The number of benzene rings is 1. The third-order valence-corrected chi connectivity index (χ3v) is 4.82. The molecule has 1 unspecified atom stereocenters. The number of phenols is 1. The quantitative estimate of drug-likeness (QED) is 0.358. The lowest BCUT2D eigenvalue weighted by atomic mass is 10.1. The van der Waals surface area contributed by atoms with Gasteiger partial charge in [0.15, 0.2) is 5.96 Å². The molecule has 6 nitrogen and oxygen atoms in total. The van der Waals surface area contributed by atoms with Gasteiger partial charge in [0.2, 0.25) is 0 Å². The van der Waals surface area contributed by atoms with E-state index in [1.165, 1.54) is 18.9 Å². The Balaban J connectivity index is 0.00000392. The molecule has 0 spiro atoms. The summed E-state index contributed by atoms with van der Waals surface area (Å²) in [6.07, 6.45) is -3.62. The highest BCUT2D eigenvalue weighted by Crippen LogP contribution is 2.25. The van der Waals surface area contributed by atoms with Crippen molar-refractivity contribution in [1.29, 1.82) is 0 Å². The molecule has 1 fully saturated rings. The van der Waals surface area contributed by atoms with E-state index in [-0.39, 0.29) is 29.7 Å². The van der Waals surface area contributed by atoms with Gasteiger partial charge in [0.1, 0.15) is 17.5 Å². The van der Waals surface area contributed by atoms with Gasteiger partial charge < -0.3 is 20.1 Å². The first kappa shape index (κ1) is 24.6. The van der Waals surface area contributed by atoms with E-state index in [4.69, 9.17) is 4.74 Å². The Morgan fingerprint density at radius 1 is 1.29 bits per heavy atom. The number of halogens is 4. The Kier molecular flexibility index (Phi) is 9.61. The summed E-state index contributed by atoms with van der Waals surface area (Å²) in [5.41, 5.74) is 0.780. The second kappa shape index (κ2) is 10.9. The fraction of sp³-hybridized carbons (Fsp3) is 0.611. The minimum absolute atomic E-state index is 0. The van der Waals surface area contributed by atoms with Crippen molar-refractivity contribution >= 4 is 29.9 Å². The lowest BCUT2D eigenvalue weighted by molar-refractivity contribution is -0.181. The number of hydrogen-bond acceptors (Lipinski definition) is 4. The van der Waals surface area contributed by atoms with Gasteiger partial charge in [-0.3, -0.25) is 9.89 Å². The van der Waals surface area contributed by atoms with Crippen LogP contribution in [0.1, 0.15) is 12.5 Å². The lowest BCUT2D eigenvalue weighted by Gasteiger charge is -2.39. The van der Waals surface area contributed by atoms with Crippen LogP contribution in [0.2, 0.25) is 0 Å². The first-order chi connectivity index (χ1) is 12.8. The van der Waals surface area contributed by atoms with Crippen molar-refractivity contribution in [3.63, 3.8) is 0 Å². The number of alkyl halides is 3. The number of hydrogen-bond donors (Lipinski definition) is 2. The molecule has 1 aliphatic rings. The number of piperazine rings is 1. The third-order valence-electron chi connectivity index (χ3n) is 4.82. The molecule has 0 aliphatic carbocycles. The number of ether oxygens (including phenoxy) is 1.